The van der Waals surface area contributed by atoms with E-state index >= 15 is 0 Å². The zero-order chi connectivity index (χ0) is 13.3. The summed E-state index contributed by atoms with van der Waals surface area (Å²) in [6, 6.07) is 0.379. The van der Waals surface area contributed by atoms with Gasteiger partial charge in [-0.15, -0.1) is 0 Å². The molecule has 0 radical (unpaired) electrons. The van der Waals surface area contributed by atoms with E-state index in [0.717, 1.165) is 19.3 Å². The molecule has 1 saturated heterocycles. The Balaban J connectivity index is 2.01. The molecule has 104 valence electrons. The lowest BCUT2D eigenvalue weighted by Gasteiger charge is -2.32. The summed E-state index contributed by atoms with van der Waals surface area (Å²) in [4.78, 5) is 14.7. The van der Waals surface area contributed by atoms with Crippen molar-refractivity contribution in [1.82, 2.24) is 10.2 Å². The summed E-state index contributed by atoms with van der Waals surface area (Å²) in [5.74, 6) is 0.854. The Morgan fingerprint density at radius 1 is 1.33 bits per heavy atom. The lowest BCUT2D eigenvalue weighted by Crippen LogP contribution is -2.46. The van der Waals surface area contributed by atoms with Crippen molar-refractivity contribution in [2.45, 2.75) is 84.0 Å². The summed E-state index contributed by atoms with van der Waals surface area (Å²) >= 11 is 0. The summed E-state index contributed by atoms with van der Waals surface area (Å²) in [6.07, 6.45) is 7.21. The number of nitrogens with one attached hydrogen (secondary N) is 1. The van der Waals surface area contributed by atoms with Crippen LogP contribution in [0.25, 0.3) is 0 Å². The highest BCUT2D eigenvalue weighted by Gasteiger charge is 2.60. The van der Waals surface area contributed by atoms with Crippen LogP contribution in [0.4, 0.5) is 0 Å². The van der Waals surface area contributed by atoms with Gasteiger partial charge in [0.2, 0.25) is 5.91 Å². The van der Waals surface area contributed by atoms with Gasteiger partial charge >= 0.3 is 0 Å². The number of unbranched alkanes of at least 4 members (excludes halogenated alkanes) is 2. The monoisotopic (exact) mass is 252 g/mol. The van der Waals surface area contributed by atoms with Crippen LogP contribution in [0.2, 0.25) is 0 Å². The zero-order valence-electron chi connectivity index (χ0n) is 12.3. The number of hydrogen-bond acceptors (Lipinski definition) is 2. The Bertz CT molecular complexity index is 310. The van der Waals surface area contributed by atoms with Crippen LogP contribution in [0.5, 0.6) is 0 Å². The van der Waals surface area contributed by atoms with Gasteiger partial charge in [0.15, 0.2) is 0 Å². The molecule has 1 heterocycles. The molecular formula is C15H28N2O. The molecule has 2 rings (SSSR count). The summed E-state index contributed by atoms with van der Waals surface area (Å²) < 4.78 is 0. The number of carbonyl (C=O) groups excluding carboxylic acids is 1. The molecule has 2 atom stereocenters. The highest BCUT2D eigenvalue weighted by Crippen LogP contribution is 2.44. The zero-order valence-corrected chi connectivity index (χ0v) is 12.3. The van der Waals surface area contributed by atoms with Gasteiger partial charge in [-0.2, -0.15) is 0 Å². The Morgan fingerprint density at radius 2 is 2.00 bits per heavy atom. The fourth-order valence-electron chi connectivity index (χ4n) is 3.06. The molecule has 1 amide bonds. The second-order valence-corrected chi connectivity index (χ2v) is 6.47. The van der Waals surface area contributed by atoms with Crippen molar-refractivity contribution in [2.75, 3.05) is 0 Å². The van der Waals surface area contributed by atoms with E-state index in [9.17, 15) is 4.79 Å². The molecule has 0 aromatic rings. The second-order valence-electron chi connectivity index (χ2n) is 6.47. The van der Waals surface area contributed by atoms with Crippen molar-refractivity contribution in [3.63, 3.8) is 0 Å². The second kappa shape index (κ2) is 5.20. The summed E-state index contributed by atoms with van der Waals surface area (Å²) in [7, 11) is 0. The van der Waals surface area contributed by atoms with Crippen molar-refractivity contribution in [3.8, 4) is 0 Å². The first-order valence-corrected chi connectivity index (χ1v) is 7.62. The number of nitrogens with zero attached hydrogens (tertiary/aromatic N) is 1. The first-order chi connectivity index (χ1) is 8.52. The highest BCUT2D eigenvalue weighted by atomic mass is 16.2. The Hall–Kier alpha value is -0.570. The maximum atomic E-state index is 12.5. The minimum Gasteiger partial charge on any atom is -0.323 e. The fraction of sp³-hybridized carbons (Fsp3) is 0.933. The minimum atomic E-state index is -0.159. The lowest BCUT2D eigenvalue weighted by atomic mass is 10.1. The fourth-order valence-corrected chi connectivity index (χ4v) is 3.06. The van der Waals surface area contributed by atoms with Gasteiger partial charge in [0.1, 0.15) is 0 Å². The van der Waals surface area contributed by atoms with Crippen LogP contribution in [0.3, 0.4) is 0 Å². The Morgan fingerprint density at radius 3 is 2.50 bits per heavy atom. The largest absolute Gasteiger partial charge is 0.323 e. The highest BCUT2D eigenvalue weighted by molar-refractivity contribution is 5.92. The third-order valence-electron chi connectivity index (χ3n) is 4.45. The quantitative estimate of drug-likeness (QED) is 0.737. The van der Waals surface area contributed by atoms with Crippen LogP contribution < -0.4 is 5.32 Å². The van der Waals surface area contributed by atoms with Gasteiger partial charge in [-0.05, 0) is 32.1 Å². The van der Waals surface area contributed by atoms with E-state index in [1.165, 1.54) is 19.3 Å². The molecule has 2 unspecified atom stereocenters. The molecule has 2 aliphatic rings. The Kier molecular flexibility index (Phi) is 4.00. The maximum absolute atomic E-state index is 12.5. The minimum absolute atomic E-state index is 0.159. The lowest BCUT2D eigenvalue weighted by molar-refractivity contribution is -0.133. The van der Waals surface area contributed by atoms with E-state index in [2.05, 4.69) is 37.9 Å². The maximum Gasteiger partial charge on any atom is 0.244 e. The first-order valence-electron chi connectivity index (χ1n) is 7.62. The van der Waals surface area contributed by atoms with Gasteiger partial charge in [-0.1, -0.05) is 40.0 Å². The molecule has 0 aromatic carbocycles. The van der Waals surface area contributed by atoms with E-state index in [1.807, 2.05) is 0 Å². The van der Waals surface area contributed by atoms with Crippen LogP contribution in [-0.2, 0) is 4.79 Å². The van der Waals surface area contributed by atoms with E-state index in [-0.39, 0.29) is 11.7 Å². The predicted octanol–water partition coefficient (Wildman–Crippen LogP) is 2.90. The van der Waals surface area contributed by atoms with Crippen LogP contribution in [-0.4, -0.2) is 28.6 Å². The molecule has 1 aliphatic heterocycles. The molecule has 1 saturated carbocycles. The number of hydrogen-bond donors (Lipinski definition) is 1. The smallest absolute Gasteiger partial charge is 0.244 e. The standard InChI is InChI=1S/C15H28N2O/c1-5-6-7-8-12(4)17-13(11(2)3)16-15(9-10-15)14(17)18/h11-13,16H,5-10H2,1-4H3. The van der Waals surface area contributed by atoms with Gasteiger partial charge in [0, 0.05) is 6.04 Å². The third kappa shape index (κ3) is 2.42. The predicted molar refractivity (Wildman–Crippen MR) is 74.2 cm³/mol. The normalized spacial score (nSPS) is 27.3. The summed E-state index contributed by atoms with van der Waals surface area (Å²) in [5, 5.41) is 3.59. The van der Waals surface area contributed by atoms with E-state index < -0.39 is 0 Å². The van der Waals surface area contributed by atoms with Crippen LogP contribution in [0.15, 0.2) is 0 Å². The van der Waals surface area contributed by atoms with Crippen LogP contribution in [0.1, 0.15) is 66.2 Å². The molecule has 1 spiro atoms. The van der Waals surface area contributed by atoms with Crippen molar-refractivity contribution < 1.29 is 4.79 Å². The van der Waals surface area contributed by atoms with Gasteiger partial charge in [0.05, 0.1) is 11.7 Å². The topological polar surface area (TPSA) is 32.3 Å². The van der Waals surface area contributed by atoms with Gasteiger partial charge in [0.25, 0.3) is 0 Å². The van der Waals surface area contributed by atoms with Crippen LogP contribution >= 0.6 is 0 Å². The van der Waals surface area contributed by atoms with E-state index in [1.54, 1.807) is 0 Å². The first kappa shape index (κ1) is 13.9. The van der Waals surface area contributed by atoms with Crippen LogP contribution in [0, 0.1) is 5.92 Å². The summed E-state index contributed by atoms with van der Waals surface area (Å²) in [5.41, 5.74) is -0.159. The number of carbonyl (C=O) groups is 1. The SMILES string of the molecule is CCCCCC(C)N1C(=O)C2(CC2)NC1C(C)C. The average molecular weight is 252 g/mol. The molecule has 1 aliphatic carbocycles. The van der Waals surface area contributed by atoms with Crippen molar-refractivity contribution in [2.24, 2.45) is 5.92 Å². The van der Waals surface area contributed by atoms with Gasteiger partial charge in [-0.3, -0.25) is 10.1 Å². The molecule has 18 heavy (non-hydrogen) atoms. The van der Waals surface area contributed by atoms with Crippen molar-refractivity contribution in [3.05, 3.63) is 0 Å². The van der Waals surface area contributed by atoms with Crippen molar-refractivity contribution in [1.29, 1.82) is 0 Å². The summed E-state index contributed by atoms with van der Waals surface area (Å²) in [6.45, 7) is 8.85. The third-order valence-corrected chi connectivity index (χ3v) is 4.45. The van der Waals surface area contributed by atoms with Gasteiger partial charge < -0.3 is 4.90 Å². The molecule has 3 nitrogen and oxygen atoms in total. The van der Waals surface area contributed by atoms with Gasteiger partial charge in [-0.25, -0.2) is 0 Å². The molecular weight excluding hydrogens is 224 g/mol. The molecule has 3 heteroatoms. The molecule has 0 aromatic heterocycles. The van der Waals surface area contributed by atoms with E-state index in [0.29, 0.717) is 17.9 Å². The average Bonchev–Trinajstić information content (AvgIpc) is 3.02. The molecule has 2 fully saturated rings. The Labute approximate surface area is 111 Å². The molecule has 1 N–H and O–H groups in total. The molecule has 0 bridgehead atoms. The van der Waals surface area contributed by atoms with Crippen molar-refractivity contribution >= 4 is 5.91 Å². The van der Waals surface area contributed by atoms with E-state index in [4.69, 9.17) is 0 Å². The number of rotatable bonds is 6. The number of amides is 1.